The number of carbonyl (C=O) groups is 1. The summed E-state index contributed by atoms with van der Waals surface area (Å²) in [6.45, 7) is 9.40. The van der Waals surface area contributed by atoms with Gasteiger partial charge in [0.15, 0.2) is 5.96 Å². The summed E-state index contributed by atoms with van der Waals surface area (Å²) in [7, 11) is 1.67. The molecule has 0 aromatic heterocycles. The van der Waals surface area contributed by atoms with E-state index in [1.807, 2.05) is 6.92 Å². The van der Waals surface area contributed by atoms with E-state index in [4.69, 9.17) is 4.74 Å². The van der Waals surface area contributed by atoms with E-state index in [9.17, 15) is 9.18 Å². The first-order valence-electron chi connectivity index (χ1n) is 8.36. The van der Waals surface area contributed by atoms with Gasteiger partial charge in [-0.05, 0) is 30.5 Å². The number of nitrogens with zero attached hydrogens (tertiary/aromatic N) is 1. The van der Waals surface area contributed by atoms with Crippen molar-refractivity contribution in [2.75, 3.05) is 32.1 Å². The molecule has 0 saturated carbocycles. The average Bonchev–Trinajstić information content (AvgIpc) is 2.51. The van der Waals surface area contributed by atoms with Crippen molar-refractivity contribution in [1.82, 2.24) is 10.6 Å². The number of halogens is 1. The molecule has 0 aliphatic rings. The monoisotopic (exact) mass is 352 g/mol. The summed E-state index contributed by atoms with van der Waals surface area (Å²) < 4.78 is 18.6. The van der Waals surface area contributed by atoms with Gasteiger partial charge in [-0.15, -0.1) is 0 Å². The van der Waals surface area contributed by atoms with Gasteiger partial charge >= 0.3 is 0 Å². The number of ether oxygens (including phenoxy) is 1. The van der Waals surface area contributed by atoms with Crippen molar-refractivity contribution >= 4 is 17.6 Å². The fourth-order valence-electron chi connectivity index (χ4n) is 2.19. The second kappa shape index (κ2) is 9.98. The summed E-state index contributed by atoms with van der Waals surface area (Å²) in [5.74, 6) is -0.186. The fourth-order valence-corrected chi connectivity index (χ4v) is 2.19. The van der Waals surface area contributed by atoms with Gasteiger partial charge in [-0.3, -0.25) is 4.79 Å². The van der Waals surface area contributed by atoms with Crippen molar-refractivity contribution in [1.29, 1.82) is 0 Å². The number of amides is 1. The summed E-state index contributed by atoms with van der Waals surface area (Å²) in [6, 6.07) is 5.75. The summed E-state index contributed by atoms with van der Waals surface area (Å²) >= 11 is 0. The van der Waals surface area contributed by atoms with E-state index in [0.29, 0.717) is 24.7 Å². The van der Waals surface area contributed by atoms with Gasteiger partial charge < -0.3 is 20.7 Å². The molecule has 1 aromatic carbocycles. The molecule has 0 heterocycles. The third kappa shape index (κ3) is 7.98. The van der Waals surface area contributed by atoms with E-state index in [2.05, 4.69) is 41.7 Å². The number of carbonyl (C=O) groups excluding carboxylic acids is 1. The lowest BCUT2D eigenvalue weighted by Gasteiger charge is -2.30. The van der Waals surface area contributed by atoms with Crippen LogP contribution in [0.25, 0.3) is 0 Å². The number of benzene rings is 1. The summed E-state index contributed by atoms with van der Waals surface area (Å²) in [5, 5.41) is 8.88. The first-order valence-corrected chi connectivity index (χ1v) is 8.36. The highest BCUT2D eigenvalue weighted by molar-refractivity contribution is 5.94. The van der Waals surface area contributed by atoms with Gasteiger partial charge in [-0.1, -0.05) is 26.8 Å². The number of anilines is 1. The Morgan fingerprint density at radius 2 is 2.04 bits per heavy atom. The minimum absolute atomic E-state index is 0.00234. The lowest BCUT2D eigenvalue weighted by Crippen LogP contribution is -2.45. The number of aliphatic imine (C=N–C) groups is 1. The van der Waals surface area contributed by atoms with Crippen LogP contribution in [0.15, 0.2) is 29.3 Å². The zero-order chi connectivity index (χ0) is 18.9. The SMILES string of the molecule is CCNC(=NCC(=O)Nc1cccc(F)c1)NCC(OC)C(C)(C)C. The van der Waals surface area contributed by atoms with Gasteiger partial charge in [0.2, 0.25) is 5.91 Å². The Hall–Kier alpha value is -2.15. The molecule has 0 bridgehead atoms. The van der Waals surface area contributed by atoms with Crippen LogP contribution in [-0.4, -0.2) is 44.7 Å². The Labute approximate surface area is 149 Å². The predicted molar refractivity (Wildman–Crippen MR) is 99.3 cm³/mol. The van der Waals surface area contributed by atoms with Crippen LogP contribution in [0.2, 0.25) is 0 Å². The fraction of sp³-hybridized carbons (Fsp3) is 0.556. The highest BCUT2D eigenvalue weighted by Crippen LogP contribution is 2.20. The molecule has 0 fully saturated rings. The van der Waals surface area contributed by atoms with Crippen LogP contribution in [-0.2, 0) is 9.53 Å². The molecule has 1 amide bonds. The molecular weight excluding hydrogens is 323 g/mol. The van der Waals surface area contributed by atoms with E-state index in [1.165, 1.54) is 18.2 Å². The molecule has 0 aliphatic carbocycles. The smallest absolute Gasteiger partial charge is 0.246 e. The van der Waals surface area contributed by atoms with Gasteiger partial charge in [-0.25, -0.2) is 9.38 Å². The number of methoxy groups -OCH3 is 1. The topological polar surface area (TPSA) is 74.8 Å². The molecule has 1 rings (SSSR count). The molecule has 140 valence electrons. The Bertz CT molecular complexity index is 585. The number of hydrogen-bond donors (Lipinski definition) is 3. The number of nitrogens with one attached hydrogen (secondary N) is 3. The van der Waals surface area contributed by atoms with Gasteiger partial charge in [0, 0.05) is 25.9 Å². The maximum atomic E-state index is 13.1. The summed E-state index contributed by atoms with van der Waals surface area (Å²) in [6.07, 6.45) is -0.00234. The Morgan fingerprint density at radius 3 is 2.60 bits per heavy atom. The highest BCUT2D eigenvalue weighted by Gasteiger charge is 2.24. The normalized spacial score (nSPS) is 13.3. The number of guanidine groups is 1. The zero-order valence-corrected chi connectivity index (χ0v) is 15.6. The third-order valence-corrected chi connectivity index (χ3v) is 3.54. The molecule has 7 heteroatoms. The first kappa shape index (κ1) is 20.9. The van der Waals surface area contributed by atoms with Crippen LogP contribution in [0.3, 0.4) is 0 Å². The zero-order valence-electron chi connectivity index (χ0n) is 15.6. The first-order chi connectivity index (χ1) is 11.8. The van der Waals surface area contributed by atoms with Crippen molar-refractivity contribution in [2.24, 2.45) is 10.4 Å². The van der Waals surface area contributed by atoms with E-state index in [-0.39, 0.29) is 24.0 Å². The Balaban J connectivity index is 2.60. The van der Waals surface area contributed by atoms with E-state index < -0.39 is 5.82 Å². The minimum Gasteiger partial charge on any atom is -0.379 e. The molecule has 0 saturated heterocycles. The second-order valence-electron chi connectivity index (χ2n) is 6.72. The van der Waals surface area contributed by atoms with Crippen molar-refractivity contribution in [3.05, 3.63) is 30.1 Å². The average molecular weight is 352 g/mol. The highest BCUT2D eigenvalue weighted by atomic mass is 19.1. The van der Waals surface area contributed by atoms with Crippen molar-refractivity contribution in [3.63, 3.8) is 0 Å². The van der Waals surface area contributed by atoms with Crippen LogP contribution in [0.1, 0.15) is 27.7 Å². The van der Waals surface area contributed by atoms with Gasteiger partial charge in [0.25, 0.3) is 0 Å². The minimum atomic E-state index is -0.399. The van der Waals surface area contributed by atoms with Gasteiger partial charge in [0.05, 0.1) is 6.10 Å². The lowest BCUT2D eigenvalue weighted by atomic mass is 9.89. The Morgan fingerprint density at radius 1 is 1.32 bits per heavy atom. The maximum absolute atomic E-state index is 13.1. The van der Waals surface area contributed by atoms with Crippen LogP contribution in [0.4, 0.5) is 10.1 Å². The quantitative estimate of drug-likeness (QED) is 0.520. The maximum Gasteiger partial charge on any atom is 0.246 e. The molecule has 1 aromatic rings. The third-order valence-electron chi connectivity index (χ3n) is 3.54. The van der Waals surface area contributed by atoms with E-state index >= 15 is 0 Å². The van der Waals surface area contributed by atoms with Crippen molar-refractivity contribution < 1.29 is 13.9 Å². The molecule has 25 heavy (non-hydrogen) atoms. The predicted octanol–water partition coefficient (Wildman–Crippen LogP) is 2.38. The van der Waals surface area contributed by atoms with Gasteiger partial charge in [-0.2, -0.15) is 0 Å². The number of rotatable bonds is 7. The van der Waals surface area contributed by atoms with E-state index in [1.54, 1.807) is 13.2 Å². The van der Waals surface area contributed by atoms with Crippen LogP contribution in [0, 0.1) is 11.2 Å². The van der Waals surface area contributed by atoms with Crippen LogP contribution in [0.5, 0.6) is 0 Å². The molecule has 3 N–H and O–H groups in total. The van der Waals surface area contributed by atoms with Crippen molar-refractivity contribution in [3.8, 4) is 0 Å². The summed E-state index contributed by atoms with van der Waals surface area (Å²) in [5.41, 5.74) is 0.388. The molecule has 6 nitrogen and oxygen atoms in total. The molecule has 0 radical (unpaired) electrons. The Kier molecular flexibility index (Phi) is 8.34. The largest absolute Gasteiger partial charge is 0.379 e. The van der Waals surface area contributed by atoms with Crippen molar-refractivity contribution in [2.45, 2.75) is 33.8 Å². The summed E-state index contributed by atoms with van der Waals surface area (Å²) in [4.78, 5) is 16.2. The van der Waals surface area contributed by atoms with Gasteiger partial charge in [0.1, 0.15) is 12.4 Å². The van der Waals surface area contributed by atoms with Crippen LogP contribution >= 0.6 is 0 Å². The molecule has 0 aliphatic heterocycles. The number of hydrogen-bond acceptors (Lipinski definition) is 3. The van der Waals surface area contributed by atoms with Crippen LogP contribution < -0.4 is 16.0 Å². The molecule has 1 unspecified atom stereocenters. The molecule has 1 atom stereocenters. The second-order valence-corrected chi connectivity index (χ2v) is 6.72. The van der Waals surface area contributed by atoms with E-state index in [0.717, 1.165) is 0 Å². The standard InChI is InChI=1S/C18H29FN4O2/c1-6-20-17(21-11-15(25-5)18(2,3)4)22-12-16(24)23-14-9-7-8-13(19)10-14/h7-10,15H,6,11-12H2,1-5H3,(H,23,24)(H2,20,21,22). The molecular formula is C18H29FN4O2. The molecule has 0 spiro atoms. The lowest BCUT2D eigenvalue weighted by molar-refractivity contribution is -0.114.